The van der Waals surface area contributed by atoms with Crippen LogP contribution in [0.1, 0.15) is 26.2 Å². The van der Waals surface area contributed by atoms with E-state index in [0.717, 1.165) is 6.42 Å². The van der Waals surface area contributed by atoms with Crippen molar-refractivity contribution in [2.45, 2.75) is 26.2 Å². The van der Waals surface area contributed by atoms with Gasteiger partial charge in [0.1, 0.15) is 5.78 Å². The summed E-state index contributed by atoms with van der Waals surface area (Å²) in [5.74, 6) is 0.108. The Morgan fingerprint density at radius 2 is 2.58 bits per heavy atom. The van der Waals surface area contributed by atoms with Gasteiger partial charge in [0.25, 0.3) is 0 Å². The molecule has 0 bridgehead atoms. The van der Waals surface area contributed by atoms with E-state index in [9.17, 15) is 4.79 Å². The van der Waals surface area contributed by atoms with Gasteiger partial charge in [-0.15, -0.1) is 6.58 Å². The Bertz CT molecular complexity index is 251. The van der Waals surface area contributed by atoms with Crippen LogP contribution >= 0.6 is 0 Å². The topological polar surface area (TPSA) is 40.9 Å². The van der Waals surface area contributed by atoms with Crippen LogP contribution in [0.3, 0.4) is 0 Å². The lowest BCUT2D eigenvalue weighted by Gasteiger charge is -2.23. The second-order valence-electron chi connectivity index (χ2n) is 3.55. The first-order valence-electron chi connectivity index (χ1n) is 4.19. The molecule has 0 aliphatic heterocycles. The predicted molar refractivity (Wildman–Crippen MR) is 46.3 cm³/mol. The summed E-state index contributed by atoms with van der Waals surface area (Å²) >= 11 is 0. The third-order valence-corrected chi connectivity index (χ3v) is 2.79. The van der Waals surface area contributed by atoms with Crippen LogP contribution in [0.2, 0.25) is 0 Å². The van der Waals surface area contributed by atoms with Gasteiger partial charge in [-0.05, 0) is 12.8 Å². The van der Waals surface area contributed by atoms with Gasteiger partial charge < -0.3 is 0 Å². The van der Waals surface area contributed by atoms with E-state index in [1.807, 2.05) is 6.92 Å². The summed E-state index contributed by atoms with van der Waals surface area (Å²) in [4.78, 5) is 11.5. The standard InChI is InChI=1S/C10H13NO/c1-3-6-10(2)8(7-11)4-5-9(10)12/h3,8H,1,4-6H2,2H3. The highest BCUT2D eigenvalue weighted by atomic mass is 16.1. The first-order valence-corrected chi connectivity index (χ1v) is 4.19. The fourth-order valence-corrected chi connectivity index (χ4v) is 1.84. The molecule has 12 heavy (non-hydrogen) atoms. The Balaban J connectivity index is 2.89. The third kappa shape index (κ3) is 1.16. The molecule has 1 fully saturated rings. The van der Waals surface area contributed by atoms with Crippen LogP contribution in [0, 0.1) is 22.7 Å². The quantitative estimate of drug-likeness (QED) is 0.585. The van der Waals surface area contributed by atoms with Crippen LogP contribution < -0.4 is 0 Å². The van der Waals surface area contributed by atoms with Crippen LogP contribution in [0.15, 0.2) is 12.7 Å². The first-order chi connectivity index (χ1) is 5.65. The van der Waals surface area contributed by atoms with Crippen molar-refractivity contribution < 1.29 is 4.79 Å². The van der Waals surface area contributed by atoms with Crippen molar-refractivity contribution in [3.05, 3.63) is 12.7 Å². The Hall–Kier alpha value is -1.10. The number of nitriles is 1. The largest absolute Gasteiger partial charge is 0.299 e. The predicted octanol–water partition coefficient (Wildman–Crippen LogP) is 2.07. The van der Waals surface area contributed by atoms with E-state index < -0.39 is 5.41 Å². The first kappa shape index (κ1) is 8.99. The van der Waals surface area contributed by atoms with Crippen molar-refractivity contribution in [3.63, 3.8) is 0 Å². The molecule has 0 amide bonds. The van der Waals surface area contributed by atoms with Gasteiger partial charge in [0.05, 0.1) is 12.0 Å². The minimum absolute atomic E-state index is 0.108. The molecular weight excluding hydrogens is 150 g/mol. The minimum atomic E-state index is -0.448. The van der Waals surface area contributed by atoms with Crippen LogP contribution in [0.5, 0.6) is 0 Å². The van der Waals surface area contributed by atoms with E-state index in [1.54, 1.807) is 6.08 Å². The molecule has 1 rings (SSSR count). The number of allylic oxidation sites excluding steroid dienone is 1. The van der Waals surface area contributed by atoms with E-state index >= 15 is 0 Å². The van der Waals surface area contributed by atoms with E-state index in [2.05, 4.69) is 12.6 Å². The van der Waals surface area contributed by atoms with Crippen molar-refractivity contribution in [2.75, 3.05) is 0 Å². The third-order valence-electron chi connectivity index (χ3n) is 2.79. The van der Waals surface area contributed by atoms with Gasteiger partial charge in [-0.3, -0.25) is 4.79 Å². The summed E-state index contributed by atoms with van der Waals surface area (Å²) in [7, 11) is 0. The summed E-state index contributed by atoms with van der Waals surface area (Å²) in [6.07, 6.45) is 3.64. The highest BCUT2D eigenvalue weighted by Gasteiger charge is 2.44. The fourth-order valence-electron chi connectivity index (χ4n) is 1.84. The maximum atomic E-state index is 11.5. The van der Waals surface area contributed by atoms with Gasteiger partial charge in [0.2, 0.25) is 0 Å². The highest BCUT2D eigenvalue weighted by Crippen LogP contribution is 2.42. The van der Waals surface area contributed by atoms with Gasteiger partial charge in [0.15, 0.2) is 0 Å². The molecule has 64 valence electrons. The van der Waals surface area contributed by atoms with E-state index in [4.69, 9.17) is 5.26 Å². The number of nitrogens with zero attached hydrogens (tertiary/aromatic N) is 1. The molecule has 0 aromatic rings. The lowest BCUT2D eigenvalue weighted by molar-refractivity contribution is -0.125. The lowest BCUT2D eigenvalue weighted by Crippen LogP contribution is -2.27. The molecule has 0 heterocycles. The number of carbonyl (C=O) groups excluding carboxylic acids is 1. The second kappa shape index (κ2) is 3.10. The molecule has 1 saturated carbocycles. The van der Waals surface area contributed by atoms with Crippen LogP contribution in [-0.2, 0) is 4.79 Å². The van der Waals surface area contributed by atoms with Gasteiger partial charge in [-0.2, -0.15) is 5.26 Å². The van der Waals surface area contributed by atoms with E-state index in [1.165, 1.54) is 0 Å². The smallest absolute Gasteiger partial charge is 0.140 e. The van der Waals surface area contributed by atoms with Crippen molar-refractivity contribution in [3.8, 4) is 6.07 Å². The monoisotopic (exact) mass is 163 g/mol. The molecule has 0 spiro atoms. The number of hydrogen-bond donors (Lipinski definition) is 0. The summed E-state index contributed by atoms with van der Waals surface area (Å²) in [6, 6.07) is 2.20. The maximum absolute atomic E-state index is 11.5. The van der Waals surface area contributed by atoms with Gasteiger partial charge in [-0.1, -0.05) is 13.0 Å². The maximum Gasteiger partial charge on any atom is 0.140 e. The molecule has 2 nitrogen and oxygen atoms in total. The Morgan fingerprint density at radius 1 is 1.92 bits per heavy atom. The van der Waals surface area contributed by atoms with E-state index in [-0.39, 0.29) is 11.7 Å². The second-order valence-corrected chi connectivity index (χ2v) is 3.55. The normalized spacial score (nSPS) is 34.7. The molecule has 0 N–H and O–H groups in total. The van der Waals surface area contributed by atoms with Crippen molar-refractivity contribution >= 4 is 5.78 Å². The van der Waals surface area contributed by atoms with Crippen molar-refractivity contribution in [1.82, 2.24) is 0 Å². The lowest BCUT2D eigenvalue weighted by atomic mass is 9.77. The molecule has 0 aromatic carbocycles. The Labute approximate surface area is 72.9 Å². The van der Waals surface area contributed by atoms with Gasteiger partial charge >= 0.3 is 0 Å². The number of carbonyl (C=O) groups is 1. The average molecular weight is 163 g/mol. The fraction of sp³-hybridized carbons (Fsp3) is 0.600. The summed E-state index contributed by atoms with van der Waals surface area (Å²) < 4.78 is 0. The summed E-state index contributed by atoms with van der Waals surface area (Å²) in [6.45, 7) is 5.48. The Kier molecular flexibility index (Phi) is 2.32. The molecule has 2 atom stereocenters. The molecular formula is C10H13NO. The highest BCUT2D eigenvalue weighted by molar-refractivity contribution is 5.87. The Morgan fingerprint density at radius 3 is 3.08 bits per heavy atom. The SMILES string of the molecule is C=CCC1(C)C(=O)CCC1C#N. The number of hydrogen-bond acceptors (Lipinski definition) is 2. The number of Topliss-reactive ketones (excluding diaryl/α,β-unsaturated/α-hetero) is 1. The van der Waals surface area contributed by atoms with Crippen LogP contribution in [0.4, 0.5) is 0 Å². The average Bonchev–Trinajstić information content (AvgIpc) is 2.30. The molecule has 2 heteroatoms. The molecule has 0 aromatic heterocycles. The number of rotatable bonds is 2. The van der Waals surface area contributed by atoms with E-state index in [0.29, 0.717) is 12.8 Å². The molecule has 1 aliphatic carbocycles. The molecule has 0 saturated heterocycles. The number of ketones is 1. The van der Waals surface area contributed by atoms with Gasteiger partial charge in [-0.25, -0.2) is 0 Å². The minimum Gasteiger partial charge on any atom is -0.299 e. The van der Waals surface area contributed by atoms with Crippen LogP contribution in [0.25, 0.3) is 0 Å². The zero-order valence-electron chi connectivity index (χ0n) is 7.34. The zero-order valence-corrected chi connectivity index (χ0v) is 7.34. The van der Waals surface area contributed by atoms with Crippen LogP contribution in [-0.4, -0.2) is 5.78 Å². The summed E-state index contributed by atoms with van der Waals surface area (Å²) in [5, 5.41) is 8.81. The van der Waals surface area contributed by atoms with Gasteiger partial charge in [0, 0.05) is 11.8 Å². The summed E-state index contributed by atoms with van der Waals surface area (Å²) in [5.41, 5.74) is -0.448. The molecule has 0 radical (unpaired) electrons. The zero-order chi connectivity index (χ0) is 9.19. The molecule has 2 unspecified atom stereocenters. The van der Waals surface area contributed by atoms with Crippen molar-refractivity contribution in [2.24, 2.45) is 11.3 Å². The van der Waals surface area contributed by atoms with Crippen molar-refractivity contribution in [1.29, 1.82) is 5.26 Å². The molecule has 1 aliphatic rings.